The van der Waals surface area contributed by atoms with E-state index in [0.29, 0.717) is 17.3 Å². The summed E-state index contributed by atoms with van der Waals surface area (Å²) in [6.45, 7) is 0.507. The first kappa shape index (κ1) is 16.1. The van der Waals surface area contributed by atoms with Gasteiger partial charge < -0.3 is 5.01 Å². The molecule has 0 aromatic heterocycles. The lowest BCUT2D eigenvalue weighted by atomic mass is 10.2. The molecule has 2 aromatic rings. The number of alkyl halides is 3. The van der Waals surface area contributed by atoms with Gasteiger partial charge in [0.15, 0.2) is 0 Å². The summed E-state index contributed by atoms with van der Waals surface area (Å²) in [5.74, 6) is 0. The lowest BCUT2D eigenvalue weighted by Gasteiger charge is -2.26. The largest absolute Gasteiger partial charge is 0.416 e. The third kappa shape index (κ3) is 4.18. The summed E-state index contributed by atoms with van der Waals surface area (Å²) in [5, 5.41) is 2.47. The number of hydrogen-bond donors (Lipinski definition) is 1. The van der Waals surface area contributed by atoms with Crippen molar-refractivity contribution in [2.75, 3.05) is 5.01 Å². The van der Waals surface area contributed by atoms with E-state index in [-0.39, 0.29) is 6.04 Å². The van der Waals surface area contributed by atoms with Crippen LogP contribution in [0.25, 0.3) is 0 Å². The molecule has 2 nitrogen and oxygen atoms in total. The van der Waals surface area contributed by atoms with Gasteiger partial charge in [0, 0.05) is 17.6 Å². The van der Waals surface area contributed by atoms with Gasteiger partial charge in [-0.15, -0.1) is 0 Å². The number of rotatable bonds is 5. The molecule has 1 fully saturated rings. The second kappa shape index (κ2) is 6.42. The van der Waals surface area contributed by atoms with Crippen molar-refractivity contribution < 1.29 is 13.2 Å². The Labute approximate surface area is 137 Å². The van der Waals surface area contributed by atoms with E-state index in [1.165, 1.54) is 12.1 Å². The van der Waals surface area contributed by atoms with Gasteiger partial charge in [-0.25, -0.2) is 5.43 Å². The number of halogens is 4. The van der Waals surface area contributed by atoms with Crippen molar-refractivity contribution in [2.45, 2.75) is 31.6 Å². The quantitative estimate of drug-likeness (QED) is 0.768. The molecule has 1 N–H and O–H groups in total. The van der Waals surface area contributed by atoms with Crippen LogP contribution in [0.1, 0.15) is 24.0 Å². The highest BCUT2D eigenvalue weighted by atomic mass is 35.5. The fourth-order valence-corrected chi connectivity index (χ4v) is 2.63. The number of anilines is 1. The topological polar surface area (TPSA) is 15.3 Å². The summed E-state index contributed by atoms with van der Waals surface area (Å²) in [7, 11) is 0. The van der Waals surface area contributed by atoms with E-state index in [0.717, 1.165) is 24.5 Å². The molecule has 1 aliphatic rings. The smallest absolute Gasteiger partial charge is 0.305 e. The van der Waals surface area contributed by atoms with Gasteiger partial charge in [0.25, 0.3) is 0 Å². The lowest BCUT2D eigenvalue weighted by Crippen LogP contribution is -2.39. The molecule has 0 bridgehead atoms. The molecule has 23 heavy (non-hydrogen) atoms. The zero-order valence-corrected chi connectivity index (χ0v) is 13.0. The molecule has 3 rings (SSSR count). The Morgan fingerprint density at radius 1 is 1.09 bits per heavy atom. The Balaban J connectivity index is 1.77. The van der Waals surface area contributed by atoms with Crippen LogP contribution in [0.4, 0.5) is 18.9 Å². The Morgan fingerprint density at radius 3 is 2.48 bits per heavy atom. The molecule has 0 amide bonds. The van der Waals surface area contributed by atoms with E-state index in [1.807, 2.05) is 23.2 Å². The van der Waals surface area contributed by atoms with Crippen molar-refractivity contribution in [1.82, 2.24) is 5.43 Å². The van der Waals surface area contributed by atoms with Crippen molar-refractivity contribution >= 4 is 17.3 Å². The van der Waals surface area contributed by atoms with E-state index in [4.69, 9.17) is 11.6 Å². The van der Waals surface area contributed by atoms with Crippen molar-refractivity contribution in [1.29, 1.82) is 0 Å². The van der Waals surface area contributed by atoms with E-state index in [9.17, 15) is 13.2 Å². The molecule has 0 saturated heterocycles. The van der Waals surface area contributed by atoms with Gasteiger partial charge in [-0.1, -0.05) is 29.8 Å². The molecule has 0 aliphatic heterocycles. The van der Waals surface area contributed by atoms with Crippen molar-refractivity contribution in [3.8, 4) is 0 Å². The van der Waals surface area contributed by atoms with Gasteiger partial charge in [0.05, 0.1) is 11.3 Å². The molecule has 2 aromatic carbocycles. The van der Waals surface area contributed by atoms with Gasteiger partial charge in [0.1, 0.15) is 0 Å². The standard InChI is InChI=1S/C17H16ClF3N2/c18-14-5-1-3-12(9-14)11-22-23(15-7-8-15)16-6-2-4-13(10-16)17(19,20)21/h1-6,9-10,15,22H,7-8,11H2. The van der Waals surface area contributed by atoms with Crippen LogP contribution in [0.5, 0.6) is 0 Å². The molecule has 1 aliphatic carbocycles. The highest BCUT2D eigenvalue weighted by Crippen LogP contribution is 2.35. The summed E-state index contributed by atoms with van der Waals surface area (Å²) >= 11 is 5.96. The maximum Gasteiger partial charge on any atom is 0.416 e. The Morgan fingerprint density at radius 2 is 1.83 bits per heavy atom. The van der Waals surface area contributed by atoms with Crippen LogP contribution in [0.3, 0.4) is 0 Å². The first-order valence-electron chi connectivity index (χ1n) is 7.38. The normalized spacial score (nSPS) is 14.8. The van der Waals surface area contributed by atoms with E-state index in [1.54, 1.807) is 12.1 Å². The molecular formula is C17H16ClF3N2. The highest BCUT2D eigenvalue weighted by Gasteiger charge is 2.33. The first-order chi connectivity index (χ1) is 10.9. The minimum Gasteiger partial charge on any atom is -0.305 e. The minimum absolute atomic E-state index is 0.234. The number of benzene rings is 2. The SMILES string of the molecule is FC(F)(F)c1cccc(N(NCc2cccc(Cl)c2)C2CC2)c1. The molecular weight excluding hydrogens is 325 g/mol. The van der Waals surface area contributed by atoms with E-state index < -0.39 is 11.7 Å². The summed E-state index contributed by atoms with van der Waals surface area (Å²) in [6, 6.07) is 13.0. The number of nitrogens with zero attached hydrogens (tertiary/aromatic N) is 1. The van der Waals surface area contributed by atoms with Crippen LogP contribution < -0.4 is 10.4 Å². The van der Waals surface area contributed by atoms with Gasteiger partial charge in [-0.3, -0.25) is 0 Å². The van der Waals surface area contributed by atoms with Crippen LogP contribution in [0, 0.1) is 0 Å². The molecule has 0 radical (unpaired) electrons. The van der Waals surface area contributed by atoms with Crippen molar-refractivity contribution in [3.05, 3.63) is 64.7 Å². The molecule has 1 saturated carbocycles. The van der Waals surface area contributed by atoms with E-state index in [2.05, 4.69) is 5.43 Å². The molecule has 6 heteroatoms. The van der Waals surface area contributed by atoms with Crippen LogP contribution in [-0.2, 0) is 12.7 Å². The summed E-state index contributed by atoms with van der Waals surface area (Å²) < 4.78 is 38.7. The van der Waals surface area contributed by atoms with Gasteiger partial charge in [-0.05, 0) is 48.7 Å². The zero-order valence-electron chi connectivity index (χ0n) is 12.3. The molecule has 0 heterocycles. The summed E-state index contributed by atoms with van der Waals surface area (Å²) in [4.78, 5) is 0. The third-order valence-corrected chi connectivity index (χ3v) is 3.94. The fourth-order valence-electron chi connectivity index (χ4n) is 2.42. The Bertz CT molecular complexity index is 684. The molecule has 0 spiro atoms. The monoisotopic (exact) mass is 340 g/mol. The second-order valence-electron chi connectivity index (χ2n) is 5.61. The van der Waals surface area contributed by atoms with Crippen molar-refractivity contribution in [2.24, 2.45) is 0 Å². The number of nitrogens with one attached hydrogen (secondary N) is 1. The van der Waals surface area contributed by atoms with Gasteiger partial charge >= 0.3 is 6.18 Å². The first-order valence-corrected chi connectivity index (χ1v) is 7.76. The lowest BCUT2D eigenvalue weighted by molar-refractivity contribution is -0.137. The minimum atomic E-state index is -4.34. The zero-order chi connectivity index (χ0) is 16.4. The fraction of sp³-hybridized carbons (Fsp3) is 0.294. The second-order valence-corrected chi connectivity index (χ2v) is 6.05. The molecule has 0 atom stereocenters. The average molecular weight is 341 g/mol. The van der Waals surface area contributed by atoms with Crippen LogP contribution >= 0.6 is 11.6 Å². The maximum absolute atomic E-state index is 12.9. The van der Waals surface area contributed by atoms with E-state index >= 15 is 0 Å². The summed E-state index contributed by atoms with van der Waals surface area (Å²) in [5.41, 5.74) is 4.11. The predicted octanol–water partition coefficient (Wildman–Crippen LogP) is 5.03. The van der Waals surface area contributed by atoms with Gasteiger partial charge in [-0.2, -0.15) is 13.2 Å². The third-order valence-electron chi connectivity index (χ3n) is 3.71. The predicted molar refractivity (Wildman–Crippen MR) is 85.2 cm³/mol. The van der Waals surface area contributed by atoms with Crippen LogP contribution in [0.2, 0.25) is 5.02 Å². The average Bonchev–Trinajstić information content (AvgIpc) is 3.32. The Kier molecular flexibility index (Phi) is 4.50. The Hall–Kier alpha value is -1.72. The number of hydrazine groups is 1. The van der Waals surface area contributed by atoms with Crippen LogP contribution in [0.15, 0.2) is 48.5 Å². The molecule has 122 valence electrons. The number of hydrogen-bond acceptors (Lipinski definition) is 2. The maximum atomic E-state index is 12.9. The van der Waals surface area contributed by atoms with Crippen LogP contribution in [-0.4, -0.2) is 6.04 Å². The highest BCUT2D eigenvalue weighted by molar-refractivity contribution is 6.30. The van der Waals surface area contributed by atoms with Crippen molar-refractivity contribution in [3.63, 3.8) is 0 Å². The molecule has 0 unspecified atom stereocenters. The van der Waals surface area contributed by atoms with Gasteiger partial charge in [0.2, 0.25) is 0 Å². The summed E-state index contributed by atoms with van der Waals surface area (Å²) in [6.07, 6.45) is -2.39.